The van der Waals surface area contributed by atoms with E-state index in [0.717, 1.165) is 25.9 Å². The minimum atomic E-state index is -0.726. The number of aromatic nitrogens is 1. The van der Waals surface area contributed by atoms with E-state index >= 15 is 0 Å². The lowest BCUT2D eigenvalue weighted by atomic mass is 9.83. The molecule has 2 aromatic heterocycles. The summed E-state index contributed by atoms with van der Waals surface area (Å²) in [6, 6.07) is 9.69. The molecule has 0 aliphatic carbocycles. The Kier molecular flexibility index (Phi) is 3.49. The van der Waals surface area contributed by atoms with Crippen molar-refractivity contribution in [3.63, 3.8) is 0 Å². The summed E-state index contributed by atoms with van der Waals surface area (Å²) in [5.74, 6) is -0.156. The summed E-state index contributed by atoms with van der Waals surface area (Å²) in [6.45, 7) is 3.82. The number of nitriles is 1. The van der Waals surface area contributed by atoms with Crippen LogP contribution < -0.4 is 5.73 Å². The summed E-state index contributed by atoms with van der Waals surface area (Å²) in [5.41, 5.74) is 6.68. The van der Waals surface area contributed by atoms with Gasteiger partial charge in [0.15, 0.2) is 5.96 Å². The number of carbonyl (C=O) groups excluding carboxylic acids is 1. The van der Waals surface area contributed by atoms with Crippen molar-refractivity contribution in [3.8, 4) is 6.07 Å². The van der Waals surface area contributed by atoms with Crippen molar-refractivity contribution in [2.75, 3.05) is 7.05 Å². The fourth-order valence-electron chi connectivity index (χ4n) is 3.35. The number of hydrogen-bond acceptors (Lipinski definition) is 6. The number of fused-ring (bicyclic) bond motifs is 3. The molecule has 6 nitrogen and oxygen atoms in total. The first-order chi connectivity index (χ1) is 12.3. The summed E-state index contributed by atoms with van der Waals surface area (Å²) < 4.78 is 0.996. The van der Waals surface area contributed by atoms with Gasteiger partial charge in [0.05, 0.1) is 27.8 Å². The van der Waals surface area contributed by atoms with Gasteiger partial charge in [-0.2, -0.15) is 5.26 Å². The van der Waals surface area contributed by atoms with Crippen LogP contribution in [0.5, 0.6) is 0 Å². The summed E-state index contributed by atoms with van der Waals surface area (Å²) >= 11 is 1.56. The van der Waals surface area contributed by atoms with Crippen molar-refractivity contribution < 1.29 is 4.79 Å². The maximum absolute atomic E-state index is 12.6. The van der Waals surface area contributed by atoms with Gasteiger partial charge in [-0.15, -0.1) is 11.3 Å². The van der Waals surface area contributed by atoms with Crippen LogP contribution in [0.3, 0.4) is 0 Å². The zero-order chi connectivity index (χ0) is 18.6. The molecule has 4 rings (SSSR count). The normalized spacial score (nSPS) is 23.3. The standard InChI is InChI=1S/C19H17N5OS/c1-10-17(25)24(3)18(21)23-19(10,2)16-7-13-12-6-11(8-20)4-5-14(12)22-9-15(13)26-16/h4-7,9-10H,1-3H3,(H2,21,23)/t10-,19-/m0/s1. The van der Waals surface area contributed by atoms with Crippen LogP contribution in [0.2, 0.25) is 0 Å². The molecule has 130 valence electrons. The van der Waals surface area contributed by atoms with E-state index in [0.29, 0.717) is 5.56 Å². The largest absolute Gasteiger partial charge is 0.369 e. The van der Waals surface area contributed by atoms with Crippen molar-refractivity contribution >= 4 is 44.2 Å². The Morgan fingerprint density at radius 2 is 2.12 bits per heavy atom. The second kappa shape index (κ2) is 5.51. The van der Waals surface area contributed by atoms with Gasteiger partial charge < -0.3 is 5.73 Å². The van der Waals surface area contributed by atoms with Gasteiger partial charge >= 0.3 is 0 Å². The third kappa shape index (κ3) is 2.19. The molecule has 0 bridgehead atoms. The van der Waals surface area contributed by atoms with E-state index in [1.54, 1.807) is 24.5 Å². The first-order valence-corrected chi connectivity index (χ1v) is 9.02. The van der Waals surface area contributed by atoms with Crippen LogP contribution >= 0.6 is 11.3 Å². The minimum absolute atomic E-state index is 0.0489. The molecule has 1 aliphatic rings. The molecule has 1 amide bonds. The summed E-state index contributed by atoms with van der Waals surface area (Å²) in [7, 11) is 1.64. The Labute approximate surface area is 154 Å². The number of benzene rings is 1. The molecule has 3 aromatic rings. The molecular weight excluding hydrogens is 346 g/mol. The fourth-order valence-corrected chi connectivity index (χ4v) is 4.57. The van der Waals surface area contributed by atoms with Crippen LogP contribution in [-0.4, -0.2) is 28.8 Å². The highest BCUT2D eigenvalue weighted by Gasteiger charge is 2.44. The number of hydrogen-bond donors (Lipinski definition) is 1. The lowest BCUT2D eigenvalue weighted by molar-refractivity contribution is -0.133. The van der Waals surface area contributed by atoms with E-state index in [-0.39, 0.29) is 17.8 Å². The predicted octanol–water partition coefficient (Wildman–Crippen LogP) is 2.96. The number of nitrogens with zero attached hydrogens (tertiary/aromatic N) is 4. The molecule has 0 unspecified atom stereocenters. The van der Waals surface area contributed by atoms with Crippen molar-refractivity contribution in [1.29, 1.82) is 5.26 Å². The quantitative estimate of drug-likeness (QED) is 0.719. The molecule has 0 saturated carbocycles. The van der Waals surface area contributed by atoms with E-state index in [9.17, 15) is 10.1 Å². The molecule has 0 spiro atoms. The fraction of sp³-hybridized carbons (Fsp3) is 0.263. The van der Waals surface area contributed by atoms with Crippen LogP contribution in [0, 0.1) is 17.2 Å². The zero-order valence-corrected chi connectivity index (χ0v) is 15.5. The van der Waals surface area contributed by atoms with Gasteiger partial charge in [-0.3, -0.25) is 14.7 Å². The second-order valence-electron chi connectivity index (χ2n) is 6.73. The van der Waals surface area contributed by atoms with Gasteiger partial charge in [-0.1, -0.05) is 6.92 Å². The lowest BCUT2D eigenvalue weighted by Gasteiger charge is -2.37. The van der Waals surface area contributed by atoms with Crippen LogP contribution in [-0.2, 0) is 10.3 Å². The van der Waals surface area contributed by atoms with Crippen LogP contribution in [0.1, 0.15) is 24.3 Å². The number of amides is 1. The number of rotatable bonds is 1. The topological polar surface area (TPSA) is 95.4 Å². The Hall–Kier alpha value is -2.98. The Morgan fingerprint density at radius 3 is 2.85 bits per heavy atom. The third-order valence-electron chi connectivity index (χ3n) is 5.23. The Morgan fingerprint density at radius 1 is 1.35 bits per heavy atom. The minimum Gasteiger partial charge on any atom is -0.369 e. The average Bonchev–Trinajstić information content (AvgIpc) is 3.10. The third-order valence-corrected chi connectivity index (χ3v) is 6.53. The number of thiophene rings is 1. The molecule has 3 heterocycles. The predicted molar refractivity (Wildman–Crippen MR) is 103 cm³/mol. The van der Waals surface area contributed by atoms with Gasteiger partial charge in [0, 0.05) is 28.9 Å². The van der Waals surface area contributed by atoms with Gasteiger partial charge in [0.1, 0.15) is 5.54 Å². The zero-order valence-electron chi connectivity index (χ0n) is 14.6. The van der Waals surface area contributed by atoms with E-state index in [1.165, 1.54) is 4.90 Å². The van der Waals surface area contributed by atoms with Crippen molar-refractivity contribution in [2.24, 2.45) is 16.6 Å². The number of aliphatic imine (C=N–C) groups is 1. The van der Waals surface area contributed by atoms with E-state index in [4.69, 9.17) is 5.73 Å². The maximum atomic E-state index is 12.6. The smallest absolute Gasteiger partial charge is 0.234 e. The molecule has 0 fully saturated rings. The SMILES string of the molecule is C[C@H]1C(=O)N(C)C(N)=N[C@]1(C)c1cc2c(cnc3ccc(C#N)cc32)s1. The van der Waals surface area contributed by atoms with Crippen molar-refractivity contribution in [3.05, 3.63) is 40.9 Å². The molecule has 7 heteroatoms. The molecular formula is C19H17N5OS. The van der Waals surface area contributed by atoms with Crippen molar-refractivity contribution in [2.45, 2.75) is 19.4 Å². The van der Waals surface area contributed by atoms with Crippen LogP contribution in [0.4, 0.5) is 0 Å². The molecule has 0 saturated heterocycles. The summed E-state index contributed by atoms with van der Waals surface area (Å²) in [6.07, 6.45) is 1.83. The summed E-state index contributed by atoms with van der Waals surface area (Å²) in [5, 5.41) is 11.1. The van der Waals surface area contributed by atoms with Crippen LogP contribution in [0.25, 0.3) is 21.0 Å². The Bertz CT molecular complexity index is 1140. The average molecular weight is 363 g/mol. The van der Waals surface area contributed by atoms with Gasteiger partial charge in [0.2, 0.25) is 5.91 Å². The number of carbonyl (C=O) groups is 1. The molecule has 2 atom stereocenters. The van der Waals surface area contributed by atoms with Gasteiger partial charge in [-0.05, 0) is 31.2 Å². The van der Waals surface area contributed by atoms with Crippen LogP contribution in [0.15, 0.2) is 35.5 Å². The summed E-state index contributed by atoms with van der Waals surface area (Å²) in [4.78, 5) is 24.1. The lowest BCUT2D eigenvalue weighted by Crippen LogP contribution is -2.52. The second-order valence-corrected chi connectivity index (χ2v) is 7.81. The van der Waals surface area contributed by atoms with E-state index in [1.807, 2.05) is 32.2 Å². The number of guanidine groups is 1. The number of nitrogens with two attached hydrogens (primary N) is 1. The Balaban J connectivity index is 1.97. The molecule has 1 aliphatic heterocycles. The molecule has 26 heavy (non-hydrogen) atoms. The maximum Gasteiger partial charge on any atom is 0.234 e. The van der Waals surface area contributed by atoms with Gasteiger partial charge in [-0.25, -0.2) is 4.99 Å². The highest BCUT2D eigenvalue weighted by molar-refractivity contribution is 7.19. The van der Waals surface area contributed by atoms with Crippen molar-refractivity contribution in [1.82, 2.24) is 9.88 Å². The first kappa shape index (κ1) is 16.5. The van der Waals surface area contributed by atoms with Gasteiger partial charge in [0.25, 0.3) is 0 Å². The van der Waals surface area contributed by atoms with E-state index < -0.39 is 5.54 Å². The molecule has 0 radical (unpaired) electrons. The number of pyridine rings is 1. The first-order valence-electron chi connectivity index (χ1n) is 8.21. The molecule has 2 N–H and O–H groups in total. The highest BCUT2D eigenvalue weighted by Crippen LogP contribution is 2.43. The molecule has 1 aromatic carbocycles. The highest BCUT2D eigenvalue weighted by atomic mass is 32.1. The monoisotopic (exact) mass is 363 g/mol. The van der Waals surface area contributed by atoms with E-state index in [2.05, 4.69) is 22.1 Å².